The summed E-state index contributed by atoms with van der Waals surface area (Å²) < 4.78 is 0. The summed E-state index contributed by atoms with van der Waals surface area (Å²) in [7, 11) is 1.95. The third-order valence-electron chi connectivity index (χ3n) is 3.14. The summed E-state index contributed by atoms with van der Waals surface area (Å²) in [4.78, 5) is 25.3. The summed E-state index contributed by atoms with van der Waals surface area (Å²) in [6.07, 6.45) is 2.31. The van der Waals surface area contributed by atoms with E-state index < -0.39 is 6.03 Å². The van der Waals surface area contributed by atoms with E-state index in [1.807, 2.05) is 20.9 Å². The molecule has 1 aliphatic rings. The molecule has 1 heterocycles. The highest BCUT2D eigenvalue weighted by Gasteiger charge is 2.21. The smallest absolute Gasteiger partial charge is 0.321 e. The molecule has 3 N–H and O–H groups in total. The molecule has 0 bridgehead atoms. The summed E-state index contributed by atoms with van der Waals surface area (Å²) in [6.45, 7) is 6.84. The van der Waals surface area contributed by atoms with Gasteiger partial charge < -0.3 is 10.6 Å². The maximum Gasteiger partial charge on any atom is 0.321 e. The Kier molecular flexibility index (Phi) is 6.80. The number of carbonyl (C=O) groups is 2. The van der Waals surface area contributed by atoms with Crippen molar-refractivity contribution in [1.82, 2.24) is 20.9 Å². The van der Waals surface area contributed by atoms with Crippen LogP contribution in [0.2, 0.25) is 0 Å². The van der Waals surface area contributed by atoms with E-state index in [0.29, 0.717) is 12.5 Å². The van der Waals surface area contributed by atoms with Crippen LogP contribution in [0.3, 0.4) is 0 Å². The van der Waals surface area contributed by atoms with Gasteiger partial charge in [-0.25, -0.2) is 4.79 Å². The second-order valence-electron chi connectivity index (χ2n) is 5.48. The number of amides is 3. The van der Waals surface area contributed by atoms with E-state index in [1.54, 1.807) is 0 Å². The van der Waals surface area contributed by atoms with Gasteiger partial charge in [-0.15, -0.1) is 0 Å². The van der Waals surface area contributed by atoms with Gasteiger partial charge >= 0.3 is 6.03 Å². The van der Waals surface area contributed by atoms with Gasteiger partial charge in [0.25, 0.3) is 0 Å². The number of hydrogen-bond acceptors (Lipinski definition) is 4. The van der Waals surface area contributed by atoms with E-state index in [0.717, 1.165) is 26.1 Å². The molecule has 6 heteroatoms. The topological polar surface area (TPSA) is 73.5 Å². The number of rotatable bonds is 5. The van der Waals surface area contributed by atoms with E-state index in [4.69, 9.17) is 0 Å². The number of nitrogens with zero attached hydrogens (tertiary/aromatic N) is 1. The Balaban J connectivity index is 2.29. The first kappa shape index (κ1) is 15.9. The van der Waals surface area contributed by atoms with E-state index in [-0.39, 0.29) is 11.9 Å². The molecule has 0 aromatic carbocycles. The minimum Gasteiger partial charge on any atom is -0.336 e. The molecule has 0 spiro atoms. The Hall–Kier alpha value is -1.14. The van der Waals surface area contributed by atoms with Crippen LogP contribution in [0.4, 0.5) is 4.79 Å². The van der Waals surface area contributed by atoms with Gasteiger partial charge in [-0.1, -0.05) is 0 Å². The van der Waals surface area contributed by atoms with Crippen molar-refractivity contribution in [3.63, 3.8) is 0 Å². The highest BCUT2D eigenvalue weighted by atomic mass is 16.2. The molecule has 0 radical (unpaired) electrons. The normalized spacial score (nSPS) is 20.3. The zero-order chi connectivity index (χ0) is 14.3. The zero-order valence-corrected chi connectivity index (χ0v) is 12.2. The van der Waals surface area contributed by atoms with Crippen molar-refractivity contribution in [3.05, 3.63) is 0 Å². The Bertz CT molecular complexity index is 305. The summed E-state index contributed by atoms with van der Waals surface area (Å²) in [6, 6.07) is -0.383. The van der Waals surface area contributed by atoms with Crippen LogP contribution >= 0.6 is 0 Å². The van der Waals surface area contributed by atoms with E-state index in [9.17, 15) is 9.59 Å². The number of carbonyl (C=O) groups excluding carboxylic acids is 2. The fraction of sp³-hybridized carbons (Fsp3) is 0.846. The van der Waals surface area contributed by atoms with E-state index in [2.05, 4.69) is 20.9 Å². The largest absolute Gasteiger partial charge is 0.336 e. The van der Waals surface area contributed by atoms with Crippen LogP contribution in [0.25, 0.3) is 0 Å². The summed E-state index contributed by atoms with van der Waals surface area (Å²) in [5, 5.41) is 8.17. The molecule has 19 heavy (non-hydrogen) atoms. The molecule has 1 unspecified atom stereocenters. The van der Waals surface area contributed by atoms with Crippen molar-refractivity contribution in [2.24, 2.45) is 5.92 Å². The van der Waals surface area contributed by atoms with Gasteiger partial charge in [-0.2, -0.15) is 0 Å². The molecule has 0 aliphatic carbocycles. The second kappa shape index (κ2) is 8.12. The molecule has 1 aliphatic heterocycles. The Labute approximate surface area is 115 Å². The molecular weight excluding hydrogens is 244 g/mol. The average molecular weight is 270 g/mol. The first-order chi connectivity index (χ1) is 9.01. The minimum atomic E-state index is -0.413. The summed E-state index contributed by atoms with van der Waals surface area (Å²) >= 11 is 0. The number of hydrogen-bond donors (Lipinski definition) is 3. The number of imide groups is 1. The molecule has 1 fully saturated rings. The monoisotopic (exact) mass is 270 g/mol. The maximum absolute atomic E-state index is 11.7. The van der Waals surface area contributed by atoms with Crippen molar-refractivity contribution in [2.75, 3.05) is 33.2 Å². The fourth-order valence-electron chi connectivity index (χ4n) is 2.42. The molecule has 0 aromatic rings. The summed E-state index contributed by atoms with van der Waals surface area (Å²) in [5.41, 5.74) is 0. The van der Waals surface area contributed by atoms with E-state index >= 15 is 0 Å². The van der Waals surface area contributed by atoms with Gasteiger partial charge in [0.1, 0.15) is 0 Å². The molecule has 0 aromatic heterocycles. The van der Waals surface area contributed by atoms with Gasteiger partial charge in [0, 0.05) is 12.6 Å². The van der Waals surface area contributed by atoms with Crippen molar-refractivity contribution < 1.29 is 9.59 Å². The van der Waals surface area contributed by atoms with Gasteiger partial charge in [-0.05, 0) is 52.7 Å². The SMILES string of the molecule is CNCC1CCCN(CC(=O)NC(=O)NC(C)C)C1. The highest BCUT2D eigenvalue weighted by Crippen LogP contribution is 2.14. The van der Waals surface area contributed by atoms with Crippen molar-refractivity contribution in [1.29, 1.82) is 0 Å². The van der Waals surface area contributed by atoms with Crippen LogP contribution in [-0.2, 0) is 4.79 Å². The lowest BCUT2D eigenvalue weighted by molar-refractivity contribution is -0.121. The van der Waals surface area contributed by atoms with Gasteiger partial charge in [0.05, 0.1) is 6.54 Å². The molecule has 1 atom stereocenters. The van der Waals surface area contributed by atoms with Crippen LogP contribution in [0.1, 0.15) is 26.7 Å². The third kappa shape index (κ3) is 6.54. The molecule has 1 saturated heterocycles. The predicted molar refractivity (Wildman–Crippen MR) is 74.9 cm³/mol. The number of nitrogens with one attached hydrogen (secondary N) is 3. The Morgan fingerprint density at radius 1 is 1.37 bits per heavy atom. The molecule has 3 amide bonds. The Morgan fingerprint density at radius 2 is 2.11 bits per heavy atom. The Morgan fingerprint density at radius 3 is 2.74 bits per heavy atom. The fourth-order valence-corrected chi connectivity index (χ4v) is 2.42. The third-order valence-corrected chi connectivity index (χ3v) is 3.14. The van der Waals surface area contributed by atoms with Crippen LogP contribution in [-0.4, -0.2) is 56.1 Å². The zero-order valence-electron chi connectivity index (χ0n) is 12.2. The quantitative estimate of drug-likeness (QED) is 0.665. The van der Waals surface area contributed by atoms with Crippen LogP contribution < -0.4 is 16.0 Å². The standard InChI is InChI=1S/C13H26N4O2/c1-10(2)15-13(19)16-12(18)9-17-6-4-5-11(8-17)7-14-3/h10-11,14H,4-9H2,1-3H3,(H2,15,16,18,19). The lowest BCUT2D eigenvalue weighted by Crippen LogP contribution is -2.48. The second-order valence-corrected chi connectivity index (χ2v) is 5.48. The maximum atomic E-state index is 11.7. The summed E-state index contributed by atoms with van der Waals surface area (Å²) in [5.74, 6) is 0.360. The van der Waals surface area contributed by atoms with Crippen molar-refractivity contribution >= 4 is 11.9 Å². The molecular formula is C13H26N4O2. The van der Waals surface area contributed by atoms with Gasteiger partial charge in [-0.3, -0.25) is 15.0 Å². The van der Waals surface area contributed by atoms with Crippen LogP contribution in [0.15, 0.2) is 0 Å². The molecule has 6 nitrogen and oxygen atoms in total. The molecule has 0 saturated carbocycles. The van der Waals surface area contributed by atoms with Crippen molar-refractivity contribution in [3.8, 4) is 0 Å². The van der Waals surface area contributed by atoms with Crippen LogP contribution in [0, 0.1) is 5.92 Å². The molecule has 110 valence electrons. The highest BCUT2D eigenvalue weighted by molar-refractivity contribution is 5.95. The van der Waals surface area contributed by atoms with Crippen LogP contribution in [0.5, 0.6) is 0 Å². The lowest BCUT2D eigenvalue weighted by atomic mass is 9.98. The number of urea groups is 1. The lowest BCUT2D eigenvalue weighted by Gasteiger charge is -2.32. The van der Waals surface area contributed by atoms with Gasteiger partial charge in [0.2, 0.25) is 5.91 Å². The number of likely N-dealkylation sites (tertiary alicyclic amines) is 1. The van der Waals surface area contributed by atoms with E-state index in [1.165, 1.54) is 6.42 Å². The first-order valence-corrected chi connectivity index (χ1v) is 6.98. The van der Waals surface area contributed by atoms with Gasteiger partial charge in [0.15, 0.2) is 0 Å². The van der Waals surface area contributed by atoms with Crippen molar-refractivity contribution in [2.45, 2.75) is 32.7 Å². The average Bonchev–Trinajstić information content (AvgIpc) is 2.28. The minimum absolute atomic E-state index is 0.0304. The first-order valence-electron chi connectivity index (χ1n) is 6.98. The molecule has 1 rings (SSSR count). The number of piperidine rings is 1. The predicted octanol–water partition coefficient (Wildman–Crippen LogP) is 0.152.